The fourth-order valence-electron chi connectivity index (χ4n) is 3.20. The van der Waals surface area contributed by atoms with Crippen LogP contribution in [0.25, 0.3) is 0 Å². The van der Waals surface area contributed by atoms with Gasteiger partial charge < -0.3 is 15.0 Å². The van der Waals surface area contributed by atoms with E-state index in [1.807, 2.05) is 48.5 Å². The average molecular weight is 372 g/mol. The Bertz CT molecular complexity index is 987. The molecule has 140 valence electrons. The Morgan fingerprint density at radius 2 is 1.68 bits per heavy atom. The Balaban J connectivity index is 1.54. The van der Waals surface area contributed by atoms with Gasteiger partial charge in [0, 0.05) is 17.8 Å². The smallest absolute Gasteiger partial charge is 0.265 e. The maximum absolute atomic E-state index is 12.4. The Morgan fingerprint density at radius 3 is 2.43 bits per heavy atom. The van der Waals surface area contributed by atoms with Gasteiger partial charge in [0.2, 0.25) is 0 Å². The Morgan fingerprint density at radius 1 is 0.964 bits per heavy atom. The summed E-state index contributed by atoms with van der Waals surface area (Å²) in [6.07, 6.45) is 0.743. The molecule has 1 aliphatic heterocycles. The second-order valence-electron chi connectivity index (χ2n) is 6.57. The molecule has 0 atom stereocenters. The molecule has 0 saturated heterocycles. The molecule has 0 unspecified atom stereocenters. The van der Waals surface area contributed by atoms with Gasteiger partial charge >= 0.3 is 0 Å². The van der Waals surface area contributed by atoms with Crippen LogP contribution in [-0.2, 0) is 11.2 Å². The normalized spacial score (nSPS) is 12.9. The molecule has 28 heavy (non-hydrogen) atoms. The van der Waals surface area contributed by atoms with Crippen LogP contribution in [0.15, 0.2) is 78.9 Å². The molecule has 0 spiro atoms. The van der Waals surface area contributed by atoms with Crippen molar-refractivity contribution >= 4 is 23.2 Å². The number of rotatable bonds is 5. The zero-order valence-electron chi connectivity index (χ0n) is 15.3. The first-order valence-electron chi connectivity index (χ1n) is 9.18. The van der Waals surface area contributed by atoms with E-state index in [9.17, 15) is 9.59 Å². The fourth-order valence-corrected chi connectivity index (χ4v) is 3.20. The number of anilines is 2. The quantitative estimate of drug-likeness (QED) is 0.739. The van der Waals surface area contributed by atoms with Crippen molar-refractivity contribution in [1.82, 2.24) is 0 Å². The molecule has 0 bridgehead atoms. The highest BCUT2D eigenvalue weighted by molar-refractivity contribution is 6.05. The number of hydrogen-bond donors (Lipinski definition) is 1. The Kier molecular flexibility index (Phi) is 5.06. The van der Waals surface area contributed by atoms with Crippen LogP contribution in [0.4, 0.5) is 11.4 Å². The zero-order chi connectivity index (χ0) is 19.3. The summed E-state index contributed by atoms with van der Waals surface area (Å²) in [7, 11) is 0. The summed E-state index contributed by atoms with van der Waals surface area (Å²) in [6, 6.07) is 24.4. The number of hydrogen-bond acceptors (Lipinski definition) is 3. The first-order valence-corrected chi connectivity index (χ1v) is 9.18. The van der Waals surface area contributed by atoms with E-state index in [-0.39, 0.29) is 18.4 Å². The molecule has 2 amide bonds. The number of nitrogens with zero attached hydrogens (tertiary/aromatic N) is 1. The Labute approximate surface area is 163 Å². The monoisotopic (exact) mass is 372 g/mol. The molecule has 0 aliphatic carbocycles. The molecule has 4 rings (SSSR count). The molecule has 0 aromatic heterocycles. The summed E-state index contributed by atoms with van der Waals surface area (Å²) < 4.78 is 5.56. The number of carbonyl (C=O) groups excluding carboxylic acids is 2. The van der Waals surface area contributed by atoms with E-state index in [2.05, 4.69) is 5.32 Å². The highest BCUT2D eigenvalue weighted by Crippen LogP contribution is 2.34. The van der Waals surface area contributed by atoms with Crippen LogP contribution in [0.2, 0.25) is 0 Å². The van der Waals surface area contributed by atoms with Gasteiger partial charge in [-0.25, -0.2) is 0 Å². The van der Waals surface area contributed by atoms with E-state index in [1.54, 1.807) is 35.2 Å². The molecule has 5 heteroatoms. The van der Waals surface area contributed by atoms with Crippen molar-refractivity contribution in [2.45, 2.75) is 6.42 Å². The third-order valence-corrected chi connectivity index (χ3v) is 4.66. The van der Waals surface area contributed by atoms with Gasteiger partial charge in [-0.05, 0) is 42.3 Å². The predicted molar refractivity (Wildman–Crippen MR) is 109 cm³/mol. The lowest BCUT2D eigenvalue weighted by atomic mass is 10.1. The summed E-state index contributed by atoms with van der Waals surface area (Å²) >= 11 is 0. The molecule has 1 aliphatic rings. The fraction of sp³-hybridized carbons (Fsp3) is 0.130. The van der Waals surface area contributed by atoms with Gasteiger partial charge in [0.05, 0.1) is 5.69 Å². The summed E-state index contributed by atoms with van der Waals surface area (Å²) in [5.74, 6) is 0.361. The van der Waals surface area contributed by atoms with E-state index in [0.29, 0.717) is 29.2 Å². The maximum Gasteiger partial charge on any atom is 0.265 e. The van der Waals surface area contributed by atoms with Crippen molar-refractivity contribution in [2.24, 2.45) is 0 Å². The van der Waals surface area contributed by atoms with Gasteiger partial charge in [0.1, 0.15) is 5.75 Å². The predicted octanol–water partition coefficient (Wildman–Crippen LogP) is 3.91. The van der Waals surface area contributed by atoms with E-state index < -0.39 is 0 Å². The van der Waals surface area contributed by atoms with Gasteiger partial charge in [-0.2, -0.15) is 0 Å². The van der Waals surface area contributed by atoms with Gasteiger partial charge in [-0.3, -0.25) is 9.59 Å². The number of carbonyl (C=O) groups is 2. The first kappa shape index (κ1) is 17.8. The summed E-state index contributed by atoms with van der Waals surface area (Å²) in [5.41, 5.74) is 3.04. The van der Waals surface area contributed by atoms with Gasteiger partial charge in [-0.15, -0.1) is 0 Å². The highest BCUT2D eigenvalue weighted by atomic mass is 16.5. The molecule has 0 saturated carbocycles. The topological polar surface area (TPSA) is 58.6 Å². The summed E-state index contributed by atoms with van der Waals surface area (Å²) in [6.45, 7) is 0.576. The van der Waals surface area contributed by atoms with E-state index in [4.69, 9.17) is 4.74 Å². The van der Waals surface area contributed by atoms with Crippen molar-refractivity contribution in [3.8, 4) is 5.75 Å². The molecule has 0 radical (unpaired) electrons. The number of ether oxygens (including phenoxy) is 1. The summed E-state index contributed by atoms with van der Waals surface area (Å²) in [5, 5.41) is 2.89. The third-order valence-electron chi connectivity index (χ3n) is 4.66. The van der Waals surface area contributed by atoms with Crippen LogP contribution in [0, 0.1) is 0 Å². The first-order chi connectivity index (χ1) is 13.7. The minimum Gasteiger partial charge on any atom is -0.482 e. The van der Waals surface area contributed by atoms with Crippen LogP contribution in [0.5, 0.6) is 5.75 Å². The molecule has 0 fully saturated rings. The second-order valence-corrected chi connectivity index (χ2v) is 6.57. The lowest BCUT2D eigenvalue weighted by Gasteiger charge is -2.30. The minimum absolute atomic E-state index is 0.0253. The van der Waals surface area contributed by atoms with Gasteiger partial charge in [0.25, 0.3) is 11.8 Å². The second kappa shape index (κ2) is 7.96. The molecule has 5 nitrogen and oxygen atoms in total. The van der Waals surface area contributed by atoms with Crippen LogP contribution >= 0.6 is 0 Å². The third kappa shape index (κ3) is 3.88. The lowest BCUT2D eigenvalue weighted by Crippen LogP contribution is -2.40. The Hall–Kier alpha value is -3.60. The molecule has 3 aromatic rings. The molecule has 3 aromatic carbocycles. The molecular formula is C23H20N2O3. The van der Waals surface area contributed by atoms with E-state index >= 15 is 0 Å². The maximum atomic E-state index is 12.4. The van der Waals surface area contributed by atoms with Gasteiger partial charge in [0.15, 0.2) is 6.61 Å². The van der Waals surface area contributed by atoms with E-state index in [1.165, 1.54) is 0 Å². The van der Waals surface area contributed by atoms with Crippen LogP contribution in [0.1, 0.15) is 15.9 Å². The lowest BCUT2D eigenvalue weighted by molar-refractivity contribution is -0.121. The van der Waals surface area contributed by atoms with Crippen molar-refractivity contribution in [3.63, 3.8) is 0 Å². The van der Waals surface area contributed by atoms with Crippen molar-refractivity contribution in [3.05, 3.63) is 90.0 Å². The molecule has 1 N–H and O–H groups in total. The van der Waals surface area contributed by atoms with E-state index in [0.717, 1.165) is 12.0 Å². The largest absolute Gasteiger partial charge is 0.482 e. The van der Waals surface area contributed by atoms with Crippen LogP contribution < -0.4 is 15.0 Å². The molecule has 1 heterocycles. The number of nitrogens with one attached hydrogen (secondary N) is 1. The molecular weight excluding hydrogens is 352 g/mol. The van der Waals surface area contributed by atoms with Crippen LogP contribution in [0.3, 0.4) is 0 Å². The number of fused-ring (bicyclic) bond motifs is 1. The minimum atomic E-state index is -0.195. The van der Waals surface area contributed by atoms with Crippen molar-refractivity contribution in [2.75, 3.05) is 23.4 Å². The SMILES string of the molecule is O=C(Nc1ccc2c(c1)N(CCc1ccccc1)C(=O)CO2)c1ccccc1. The average Bonchev–Trinajstić information content (AvgIpc) is 2.74. The van der Waals surface area contributed by atoms with Gasteiger partial charge in [-0.1, -0.05) is 48.5 Å². The van der Waals surface area contributed by atoms with Crippen molar-refractivity contribution < 1.29 is 14.3 Å². The highest BCUT2D eigenvalue weighted by Gasteiger charge is 2.25. The zero-order valence-corrected chi connectivity index (χ0v) is 15.3. The standard InChI is InChI=1S/C23H20N2O3/c26-22-16-28-21-12-11-19(24-23(27)18-9-5-2-6-10-18)15-20(21)25(22)14-13-17-7-3-1-4-8-17/h1-12,15H,13-14,16H2,(H,24,27). The van der Waals surface area contributed by atoms with Crippen molar-refractivity contribution in [1.29, 1.82) is 0 Å². The number of benzene rings is 3. The number of amides is 2. The summed E-state index contributed by atoms with van der Waals surface area (Å²) in [4.78, 5) is 26.6. The van der Waals surface area contributed by atoms with Crippen LogP contribution in [-0.4, -0.2) is 25.0 Å².